The summed E-state index contributed by atoms with van der Waals surface area (Å²) in [5, 5.41) is 0. The monoisotopic (exact) mass is 324 g/mol. The van der Waals surface area contributed by atoms with E-state index in [1.807, 2.05) is 30.3 Å². The lowest BCUT2D eigenvalue weighted by atomic mass is 9.86. The van der Waals surface area contributed by atoms with E-state index in [9.17, 15) is 4.79 Å². The number of carbonyl (C=O) groups is 1. The number of alkyl halides is 1. The Bertz CT molecular complexity index is 450. The first-order chi connectivity index (χ1) is 9.12. The minimum Gasteiger partial charge on any atom is -0.415 e. The van der Waals surface area contributed by atoms with Crippen molar-refractivity contribution in [3.05, 3.63) is 35.9 Å². The molecule has 0 saturated carbocycles. The summed E-state index contributed by atoms with van der Waals surface area (Å²) < 4.78 is 6.36. The van der Waals surface area contributed by atoms with Crippen LogP contribution in [0.25, 0.3) is 0 Å². The maximum absolute atomic E-state index is 12.4. The van der Waals surface area contributed by atoms with Crippen LogP contribution in [0.3, 0.4) is 0 Å². The van der Waals surface area contributed by atoms with Gasteiger partial charge in [0.15, 0.2) is 0 Å². The van der Waals surface area contributed by atoms with Crippen molar-refractivity contribution >= 4 is 22.0 Å². The number of rotatable bonds is 2. The van der Waals surface area contributed by atoms with Crippen molar-refractivity contribution in [2.45, 2.75) is 30.2 Å². The summed E-state index contributed by atoms with van der Waals surface area (Å²) >= 11 is 3.82. The topological polar surface area (TPSA) is 26.3 Å². The summed E-state index contributed by atoms with van der Waals surface area (Å²) in [5.74, 6) is 0. The molecule has 3 fully saturated rings. The quantitative estimate of drug-likeness (QED) is 0.615. The van der Waals surface area contributed by atoms with Crippen molar-refractivity contribution in [2.24, 2.45) is 0 Å². The van der Waals surface area contributed by atoms with Crippen molar-refractivity contribution in [3.8, 4) is 0 Å². The molecule has 1 aromatic carbocycles. The first-order valence-corrected chi connectivity index (χ1v) is 7.68. The minimum absolute atomic E-state index is 0.0434. The van der Waals surface area contributed by atoms with Crippen LogP contribution in [-0.2, 0) is 11.3 Å². The Balaban J connectivity index is 1.62. The summed E-state index contributed by atoms with van der Waals surface area (Å²) in [6.07, 6.45) is 3.19. The predicted octanol–water partition coefficient (Wildman–Crippen LogP) is 3.47. The molecule has 1 amide bonds. The lowest BCUT2D eigenvalue weighted by molar-refractivity contribution is -0.873. The molecule has 3 aliphatic rings. The van der Waals surface area contributed by atoms with E-state index in [2.05, 4.69) is 15.9 Å². The second kappa shape index (κ2) is 4.91. The Morgan fingerprint density at radius 3 is 2.32 bits per heavy atom. The van der Waals surface area contributed by atoms with Crippen LogP contribution < -0.4 is 0 Å². The van der Waals surface area contributed by atoms with Crippen LogP contribution in [0.1, 0.15) is 24.8 Å². The molecule has 3 saturated heterocycles. The molecule has 2 bridgehead atoms. The molecule has 1 aromatic rings. The molecule has 3 aliphatic heterocycles. The van der Waals surface area contributed by atoms with Gasteiger partial charge in [-0.25, -0.2) is 4.48 Å². The molecule has 4 heteroatoms. The molecular formula is C15H19BrNO2+. The summed E-state index contributed by atoms with van der Waals surface area (Å²) in [4.78, 5) is 12.4. The van der Waals surface area contributed by atoms with Crippen molar-refractivity contribution in [2.75, 3.05) is 19.6 Å². The number of quaternary nitrogens is 1. The van der Waals surface area contributed by atoms with Crippen LogP contribution in [0.5, 0.6) is 0 Å². The fourth-order valence-corrected chi connectivity index (χ4v) is 3.62. The van der Waals surface area contributed by atoms with Gasteiger partial charge in [-0.2, -0.15) is 4.79 Å². The largest absolute Gasteiger partial charge is 0.516 e. The van der Waals surface area contributed by atoms with Crippen LogP contribution in [0.15, 0.2) is 30.3 Å². The summed E-state index contributed by atoms with van der Waals surface area (Å²) in [6, 6.07) is 9.89. The van der Waals surface area contributed by atoms with Gasteiger partial charge in [0, 0.05) is 23.6 Å². The Hall–Kier alpha value is -0.870. The van der Waals surface area contributed by atoms with E-state index in [0.29, 0.717) is 15.4 Å². The van der Waals surface area contributed by atoms with Gasteiger partial charge in [0.05, 0.1) is 19.6 Å². The number of hydrogen-bond donors (Lipinski definition) is 0. The normalized spacial score (nSPS) is 33.1. The van der Waals surface area contributed by atoms with Crippen molar-refractivity contribution in [3.63, 3.8) is 0 Å². The Morgan fingerprint density at radius 1 is 1.16 bits per heavy atom. The van der Waals surface area contributed by atoms with Gasteiger partial charge in [-0.15, -0.1) is 0 Å². The third kappa shape index (κ3) is 2.56. The van der Waals surface area contributed by atoms with Gasteiger partial charge in [-0.05, 0) is 5.56 Å². The summed E-state index contributed by atoms with van der Waals surface area (Å²) in [7, 11) is 0. The molecule has 0 spiro atoms. The highest BCUT2D eigenvalue weighted by Crippen LogP contribution is 2.43. The maximum Gasteiger partial charge on any atom is 0.516 e. The van der Waals surface area contributed by atoms with Gasteiger partial charge >= 0.3 is 6.09 Å². The number of piperidine rings is 3. The van der Waals surface area contributed by atoms with Crippen LogP contribution in [0, 0.1) is 0 Å². The van der Waals surface area contributed by atoms with E-state index < -0.39 is 0 Å². The molecule has 4 rings (SSSR count). The second-order valence-corrected chi connectivity index (χ2v) is 7.44. The van der Waals surface area contributed by atoms with Crippen molar-refractivity contribution in [1.82, 2.24) is 0 Å². The highest BCUT2D eigenvalue weighted by molar-refractivity contribution is 9.10. The molecule has 19 heavy (non-hydrogen) atoms. The van der Waals surface area contributed by atoms with E-state index in [1.165, 1.54) is 0 Å². The molecule has 0 unspecified atom stereocenters. The van der Waals surface area contributed by atoms with Gasteiger partial charge in [0.25, 0.3) is 0 Å². The SMILES string of the molecule is O=C(OCc1ccccc1)[N+]12CCC(Br)(CC1)CC2. The number of hydrogen-bond acceptors (Lipinski definition) is 2. The van der Waals surface area contributed by atoms with Crippen LogP contribution >= 0.6 is 15.9 Å². The zero-order valence-corrected chi connectivity index (χ0v) is 12.6. The Morgan fingerprint density at radius 2 is 1.74 bits per heavy atom. The number of amides is 1. The molecule has 0 aliphatic carbocycles. The highest BCUT2D eigenvalue weighted by atomic mass is 79.9. The first kappa shape index (κ1) is 13.1. The number of fused-ring (bicyclic) bond motifs is 3. The lowest BCUT2D eigenvalue weighted by Crippen LogP contribution is -2.65. The average Bonchev–Trinajstić information content (AvgIpc) is 2.47. The molecule has 3 nitrogen and oxygen atoms in total. The fraction of sp³-hybridized carbons (Fsp3) is 0.533. The zero-order valence-electron chi connectivity index (χ0n) is 11.0. The molecule has 0 radical (unpaired) electrons. The molecular weight excluding hydrogens is 306 g/mol. The predicted molar refractivity (Wildman–Crippen MR) is 77.0 cm³/mol. The number of ether oxygens (including phenoxy) is 1. The van der Waals surface area contributed by atoms with E-state index in [-0.39, 0.29) is 6.09 Å². The highest BCUT2D eigenvalue weighted by Gasteiger charge is 2.52. The summed E-state index contributed by atoms with van der Waals surface area (Å²) in [5.41, 5.74) is 1.05. The van der Waals surface area contributed by atoms with Crippen LogP contribution in [-0.4, -0.2) is 34.5 Å². The minimum atomic E-state index is -0.0434. The first-order valence-electron chi connectivity index (χ1n) is 6.88. The maximum atomic E-state index is 12.4. The third-order valence-corrected chi connectivity index (χ3v) is 5.75. The standard InChI is InChI=1S/C15H19BrNO2/c16-15-6-9-17(10-7-15,11-8-15)14(18)19-12-13-4-2-1-3-5-13/h1-5H,6-12H2/q+1. The third-order valence-electron chi connectivity index (χ3n) is 4.56. The van der Waals surface area contributed by atoms with E-state index in [1.54, 1.807) is 0 Å². The summed E-state index contributed by atoms with van der Waals surface area (Å²) in [6.45, 7) is 3.13. The number of nitrogens with zero attached hydrogens (tertiary/aromatic N) is 1. The molecule has 0 atom stereocenters. The zero-order chi connectivity index (χ0) is 13.3. The van der Waals surface area contributed by atoms with E-state index >= 15 is 0 Å². The lowest BCUT2D eigenvalue weighted by Gasteiger charge is -2.49. The second-order valence-electron chi connectivity index (χ2n) is 5.76. The molecule has 3 heterocycles. The molecule has 0 N–H and O–H groups in total. The Labute approximate surface area is 122 Å². The fourth-order valence-electron chi connectivity index (χ4n) is 3.08. The molecule has 102 valence electrons. The smallest absolute Gasteiger partial charge is 0.415 e. The molecule has 0 aromatic heterocycles. The van der Waals surface area contributed by atoms with Gasteiger partial charge < -0.3 is 4.74 Å². The van der Waals surface area contributed by atoms with Gasteiger partial charge in [0.2, 0.25) is 0 Å². The average molecular weight is 325 g/mol. The number of carbonyl (C=O) groups excluding carboxylic acids is 1. The van der Waals surface area contributed by atoms with Gasteiger partial charge in [-0.1, -0.05) is 46.3 Å². The van der Waals surface area contributed by atoms with Crippen LogP contribution in [0.2, 0.25) is 0 Å². The Kier molecular flexibility index (Phi) is 3.39. The number of halogens is 1. The number of benzene rings is 1. The van der Waals surface area contributed by atoms with E-state index in [4.69, 9.17) is 4.74 Å². The van der Waals surface area contributed by atoms with Gasteiger partial charge in [-0.3, -0.25) is 0 Å². The van der Waals surface area contributed by atoms with Crippen LogP contribution in [0.4, 0.5) is 4.79 Å². The van der Waals surface area contributed by atoms with Crippen molar-refractivity contribution in [1.29, 1.82) is 0 Å². The van der Waals surface area contributed by atoms with Gasteiger partial charge in [0.1, 0.15) is 6.61 Å². The van der Waals surface area contributed by atoms with Crippen molar-refractivity contribution < 1.29 is 14.0 Å². The van der Waals surface area contributed by atoms with E-state index in [0.717, 1.165) is 44.5 Å².